The van der Waals surface area contributed by atoms with Crippen LogP contribution in [-0.2, 0) is 13.0 Å². The van der Waals surface area contributed by atoms with Crippen molar-refractivity contribution in [2.75, 3.05) is 6.54 Å². The first-order valence-electron chi connectivity index (χ1n) is 8.51. The maximum absolute atomic E-state index is 12.4. The summed E-state index contributed by atoms with van der Waals surface area (Å²) in [6.45, 7) is 7.21. The molecule has 3 rings (SSSR count). The van der Waals surface area contributed by atoms with E-state index in [4.69, 9.17) is 0 Å². The van der Waals surface area contributed by atoms with Crippen molar-refractivity contribution in [2.45, 2.75) is 53.0 Å². The summed E-state index contributed by atoms with van der Waals surface area (Å²) >= 11 is 0. The summed E-state index contributed by atoms with van der Waals surface area (Å²) in [6, 6.07) is 2.04. The lowest BCUT2D eigenvalue weighted by molar-refractivity contribution is 0.0946. The Hall–Kier alpha value is -2.37. The van der Waals surface area contributed by atoms with Crippen molar-refractivity contribution < 1.29 is 9.59 Å². The second kappa shape index (κ2) is 6.63. The Labute approximate surface area is 141 Å². The van der Waals surface area contributed by atoms with Gasteiger partial charge in [-0.3, -0.25) is 14.3 Å². The van der Waals surface area contributed by atoms with Crippen LogP contribution in [0.1, 0.15) is 62.8 Å². The number of H-pyrrole nitrogens is 1. The molecule has 128 valence electrons. The van der Waals surface area contributed by atoms with Crippen molar-refractivity contribution >= 4 is 11.7 Å². The van der Waals surface area contributed by atoms with Gasteiger partial charge in [-0.05, 0) is 51.7 Å². The average Bonchev–Trinajstić information content (AvgIpc) is 3.04. The third-order valence-electron chi connectivity index (χ3n) is 4.60. The first-order chi connectivity index (χ1) is 11.5. The minimum Gasteiger partial charge on any atom is -0.354 e. The van der Waals surface area contributed by atoms with Gasteiger partial charge in [0.2, 0.25) is 0 Å². The summed E-state index contributed by atoms with van der Waals surface area (Å²) < 4.78 is 1.96. The quantitative estimate of drug-likeness (QED) is 0.828. The Kier molecular flexibility index (Phi) is 4.55. The number of rotatable bonds is 5. The molecule has 0 saturated heterocycles. The van der Waals surface area contributed by atoms with E-state index in [9.17, 15) is 9.59 Å². The van der Waals surface area contributed by atoms with Crippen LogP contribution in [0.4, 0.5) is 0 Å². The summed E-state index contributed by atoms with van der Waals surface area (Å²) in [5.41, 5.74) is 5.09. The lowest BCUT2D eigenvalue weighted by atomic mass is 9.94. The van der Waals surface area contributed by atoms with E-state index in [0.717, 1.165) is 54.0 Å². The molecule has 0 fully saturated rings. The third-order valence-corrected chi connectivity index (χ3v) is 4.60. The van der Waals surface area contributed by atoms with Gasteiger partial charge in [-0.1, -0.05) is 0 Å². The number of ketones is 1. The largest absolute Gasteiger partial charge is 0.354 e. The number of carbonyl (C=O) groups excluding carboxylic acids is 2. The van der Waals surface area contributed by atoms with Crippen LogP contribution in [0.25, 0.3) is 0 Å². The van der Waals surface area contributed by atoms with E-state index in [0.29, 0.717) is 18.7 Å². The number of hydrogen-bond acceptors (Lipinski definition) is 3. The zero-order valence-electron chi connectivity index (χ0n) is 14.5. The van der Waals surface area contributed by atoms with Gasteiger partial charge in [0, 0.05) is 36.5 Å². The molecule has 1 aliphatic carbocycles. The number of aromatic nitrogens is 3. The molecule has 0 aliphatic heterocycles. The van der Waals surface area contributed by atoms with Crippen LogP contribution in [0.2, 0.25) is 0 Å². The van der Waals surface area contributed by atoms with Crippen molar-refractivity contribution in [1.82, 2.24) is 20.1 Å². The first-order valence-corrected chi connectivity index (χ1v) is 8.51. The van der Waals surface area contributed by atoms with E-state index in [1.54, 1.807) is 0 Å². The highest BCUT2D eigenvalue weighted by Gasteiger charge is 2.26. The van der Waals surface area contributed by atoms with E-state index in [2.05, 4.69) is 15.4 Å². The number of nitrogens with one attached hydrogen (secondary N) is 2. The van der Waals surface area contributed by atoms with Crippen LogP contribution in [0.3, 0.4) is 0 Å². The minimum atomic E-state index is -0.136. The average molecular weight is 328 g/mol. The fourth-order valence-corrected chi connectivity index (χ4v) is 3.42. The molecule has 1 aliphatic rings. The van der Waals surface area contributed by atoms with Gasteiger partial charge < -0.3 is 10.3 Å². The Balaban J connectivity index is 1.58. The molecule has 0 bridgehead atoms. The van der Waals surface area contributed by atoms with Crippen LogP contribution in [-0.4, -0.2) is 33.0 Å². The Morgan fingerprint density at radius 2 is 2.12 bits per heavy atom. The predicted octanol–water partition coefficient (Wildman–Crippen LogP) is 2.48. The highest BCUT2D eigenvalue weighted by molar-refractivity contribution is 6.04. The molecule has 6 heteroatoms. The van der Waals surface area contributed by atoms with E-state index in [1.165, 1.54) is 0 Å². The molecular weight excluding hydrogens is 304 g/mol. The number of hydrogen-bond donors (Lipinski definition) is 2. The van der Waals surface area contributed by atoms with Crippen molar-refractivity contribution in [1.29, 1.82) is 0 Å². The van der Waals surface area contributed by atoms with Crippen molar-refractivity contribution in [2.24, 2.45) is 0 Å². The van der Waals surface area contributed by atoms with Crippen LogP contribution in [0, 0.1) is 20.8 Å². The van der Waals surface area contributed by atoms with E-state index in [1.807, 2.05) is 31.5 Å². The molecule has 2 heterocycles. The summed E-state index contributed by atoms with van der Waals surface area (Å²) in [6.07, 6.45) is 3.09. The minimum absolute atomic E-state index is 0.136. The van der Waals surface area contributed by atoms with Gasteiger partial charge in [-0.25, -0.2) is 0 Å². The zero-order chi connectivity index (χ0) is 17.3. The molecule has 1 amide bonds. The first kappa shape index (κ1) is 16.5. The number of carbonyl (C=O) groups is 2. The summed E-state index contributed by atoms with van der Waals surface area (Å²) in [4.78, 5) is 27.6. The number of fused-ring (bicyclic) bond motifs is 1. The van der Waals surface area contributed by atoms with Crippen LogP contribution >= 0.6 is 0 Å². The van der Waals surface area contributed by atoms with Gasteiger partial charge in [0.05, 0.1) is 5.69 Å². The zero-order valence-corrected chi connectivity index (χ0v) is 14.5. The summed E-state index contributed by atoms with van der Waals surface area (Å²) in [5, 5.41) is 7.35. The number of amides is 1. The second-order valence-electron chi connectivity index (χ2n) is 6.51. The molecule has 0 atom stereocenters. The molecule has 24 heavy (non-hydrogen) atoms. The van der Waals surface area contributed by atoms with Crippen LogP contribution in [0.5, 0.6) is 0 Å². The molecule has 0 spiro atoms. The van der Waals surface area contributed by atoms with Crippen molar-refractivity contribution in [3.05, 3.63) is 40.0 Å². The monoisotopic (exact) mass is 328 g/mol. The van der Waals surface area contributed by atoms with Gasteiger partial charge in [0.15, 0.2) is 5.78 Å². The SMILES string of the molecule is Cc1cc(C)n(CCCNC(=O)c2[nH]c3c(c2C)C(=O)CCC3)n1. The van der Waals surface area contributed by atoms with Gasteiger partial charge >= 0.3 is 0 Å². The number of aryl methyl sites for hydroxylation is 4. The van der Waals surface area contributed by atoms with Gasteiger partial charge in [0.1, 0.15) is 5.69 Å². The third kappa shape index (κ3) is 3.13. The summed E-state index contributed by atoms with van der Waals surface area (Å²) in [7, 11) is 0. The molecule has 6 nitrogen and oxygen atoms in total. The molecule has 2 aromatic heterocycles. The Morgan fingerprint density at radius 3 is 2.79 bits per heavy atom. The molecule has 0 saturated carbocycles. The highest BCUT2D eigenvalue weighted by Crippen LogP contribution is 2.26. The molecule has 2 N–H and O–H groups in total. The van der Waals surface area contributed by atoms with Gasteiger partial charge in [0.25, 0.3) is 5.91 Å². The highest BCUT2D eigenvalue weighted by atomic mass is 16.2. The maximum atomic E-state index is 12.4. The van der Waals surface area contributed by atoms with Crippen molar-refractivity contribution in [3.8, 4) is 0 Å². The molecule has 0 unspecified atom stereocenters. The lowest BCUT2D eigenvalue weighted by Gasteiger charge is -2.09. The standard InChI is InChI=1S/C18H24N4O2/c1-11-10-12(2)22(21-11)9-5-8-19-18(24)17-13(3)16-14(20-17)6-4-7-15(16)23/h10,20H,4-9H2,1-3H3,(H,19,24). The second-order valence-corrected chi connectivity index (χ2v) is 6.51. The van der Waals surface area contributed by atoms with Gasteiger partial charge in [-0.15, -0.1) is 0 Å². The molecule has 0 aromatic carbocycles. The van der Waals surface area contributed by atoms with E-state index >= 15 is 0 Å². The van der Waals surface area contributed by atoms with E-state index < -0.39 is 0 Å². The van der Waals surface area contributed by atoms with Crippen LogP contribution in [0.15, 0.2) is 6.07 Å². The fourth-order valence-electron chi connectivity index (χ4n) is 3.42. The fraction of sp³-hybridized carbons (Fsp3) is 0.500. The molecule has 2 aromatic rings. The van der Waals surface area contributed by atoms with E-state index in [-0.39, 0.29) is 11.7 Å². The summed E-state index contributed by atoms with van der Waals surface area (Å²) in [5.74, 6) is 0.0108. The van der Waals surface area contributed by atoms with Gasteiger partial charge in [-0.2, -0.15) is 5.10 Å². The normalized spacial score (nSPS) is 13.9. The molecule has 0 radical (unpaired) electrons. The lowest BCUT2D eigenvalue weighted by Crippen LogP contribution is -2.26. The Morgan fingerprint density at radius 1 is 1.33 bits per heavy atom. The number of aromatic amines is 1. The number of Topliss-reactive ketones (excluding diaryl/α,β-unsaturated/α-hetero) is 1. The van der Waals surface area contributed by atoms with Crippen molar-refractivity contribution in [3.63, 3.8) is 0 Å². The topological polar surface area (TPSA) is 79.8 Å². The van der Waals surface area contributed by atoms with Crippen LogP contribution < -0.4 is 5.32 Å². The number of nitrogens with zero attached hydrogens (tertiary/aromatic N) is 2. The Bertz CT molecular complexity index is 785. The maximum Gasteiger partial charge on any atom is 0.268 e. The smallest absolute Gasteiger partial charge is 0.268 e. The predicted molar refractivity (Wildman–Crippen MR) is 91.4 cm³/mol. The molecular formula is C18H24N4O2.